The predicted molar refractivity (Wildman–Crippen MR) is 221 cm³/mol. The second-order valence-corrected chi connectivity index (χ2v) is 21.0. The Hall–Kier alpha value is -3.04. The summed E-state index contributed by atoms with van der Waals surface area (Å²) in [6, 6.07) is 14.7. The molecule has 8 rings (SSSR count). The molecule has 8 nitrogen and oxygen atoms in total. The van der Waals surface area contributed by atoms with Crippen LogP contribution in [0.25, 0.3) is 0 Å². The van der Waals surface area contributed by atoms with Crippen LogP contribution in [-0.4, -0.2) is 68.5 Å². The van der Waals surface area contributed by atoms with Crippen LogP contribution >= 0.6 is 0 Å². The van der Waals surface area contributed by atoms with Gasteiger partial charge in [-0.3, -0.25) is 9.59 Å². The van der Waals surface area contributed by atoms with Gasteiger partial charge in [-0.2, -0.15) is 0 Å². The van der Waals surface area contributed by atoms with Crippen LogP contribution in [0.3, 0.4) is 0 Å². The Morgan fingerprint density at radius 2 is 1.54 bits per heavy atom. The van der Waals surface area contributed by atoms with Gasteiger partial charge in [-0.05, 0) is 140 Å². The molecule has 5 fully saturated rings. The van der Waals surface area contributed by atoms with Crippen LogP contribution in [0.5, 0.6) is 11.5 Å². The van der Waals surface area contributed by atoms with Crippen molar-refractivity contribution in [3.8, 4) is 11.5 Å². The van der Waals surface area contributed by atoms with Crippen LogP contribution < -0.4 is 5.32 Å². The number of ether oxygens (including phenoxy) is 1. The lowest BCUT2D eigenvalue weighted by molar-refractivity contribution is -0.193. The molecule has 57 heavy (non-hydrogen) atoms. The Morgan fingerprint density at radius 3 is 2.21 bits per heavy atom. The van der Waals surface area contributed by atoms with E-state index in [0.29, 0.717) is 25.8 Å². The van der Waals surface area contributed by atoms with Gasteiger partial charge >= 0.3 is 0 Å². The van der Waals surface area contributed by atoms with Crippen LogP contribution in [0.15, 0.2) is 59.7 Å². The summed E-state index contributed by atoms with van der Waals surface area (Å²) >= 11 is 0. The highest BCUT2D eigenvalue weighted by molar-refractivity contribution is 6.00. The van der Waals surface area contributed by atoms with Crippen molar-refractivity contribution in [2.75, 3.05) is 6.54 Å². The number of carbonyl (C=O) groups is 2. The average Bonchev–Trinajstić information content (AvgIpc) is 3.43. The quantitative estimate of drug-likeness (QED) is 0.152. The predicted octanol–water partition coefficient (Wildman–Crippen LogP) is 8.37. The fraction of sp³-hybridized carbons (Fsp3) is 0.673. The molecule has 6 aliphatic rings. The summed E-state index contributed by atoms with van der Waals surface area (Å²) in [4.78, 5) is 29.1. The summed E-state index contributed by atoms with van der Waals surface area (Å²) in [5.74, 6) is 1.15. The maximum absolute atomic E-state index is 14.6. The first kappa shape index (κ1) is 40.7. The van der Waals surface area contributed by atoms with Crippen LogP contribution in [0, 0.1) is 45.3 Å². The van der Waals surface area contributed by atoms with Crippen molar-refractivity contribution in [2.24, 2.45) is 45.3 Å². The summed E-state index contributed by atoms with van der Waals surface area (Å²) < 4.78 is 6.44. The highest BCUT2D eigenvalue weighted by atomic mass is 16.6. The van der Waals surface area contributed by atoms with E-state index in [2.05, 4.69) is 59.8 Å². The molecule has 8 heteroatoms. The lowest BCUT2D eigenvalue weighted by Crippen LogP contribution is -2.69. The molecule has 2 aromatic carbocycles. The van der Waals surface area contributed by atoms with Gasteiger partial charge in [-0.15, -0.1) is 0 Å². The number of Topliss-reactive ketones (excluding diaryl/α,β-unsaturated/α-hetero) is 2. The Balaban J connectivity index is 1.09. The third kappa shape index (κ3) is 6.28. The first-order chi connectivity index (χ1) is 26.8. The molecule has 1 saturated heterocycles. The smallest absolute Gasteiger partial charge is 0.159 e. The highest BCUT2D eigenvalue weighted by Crippen LogP contribution is 2.75. The monoisotopic (exact) mass is 781 g/mol. The van der Waals surface area contributed by atoms with E-state index in [-0.39, 0.29) is 81.5 Å². The molecule has 14 atom stereocenters. The summed E-state index contributed by atoms with van der Waals surface area (Å²) in [5, 5.41) is 46.8. The number of fused-ring (bicyclic) bond motifs is 5. The maximum atomic E-state index is 14.6. The minimum Gasteiger partial charge on any atom is -0.508 e. The van der Waals surface area contributed by atoms with Gasteiger partial charge in [0, 0.05) is 35.8 Å². The molecule has 1 heterocycles. The number of epoxide rings is 1. The molecule has 0 unspecified atom stereocenters. The number of phenolic OH excluding ortho intramolecular Hbond substituents is 2. The molecule has 2 aromatic rings. The molecule has 0 amide bonds. The zero-order valence-corrected chi connectivity index (χ0v) is 35.5. The number of allylic oxidation sites excluding steroid dienone is 2. The fourth-order valence-electron chi connectivity index (χ4n) is 14.8. The van der Waals surface area contributed by atoms with Gasteiger partial charge in [-0.25, -0.2) is 0 Å². The number of aliphatic hydroxyl groups excluding tert-OH is 2. The minimum absolute atomic E-state index is 0.0163. The van der Waals surface area contributed by atoms with E-state index in [0.717, 1.165) is 55.2 Å². The molecule has 0 aromatic heterocycles. The number of hydrogen-bond donors (Lipinski definition) is 5. The normalized spacial score (nSPS) is 41.3. The first-order valence-electron chi connectivity index (χ1n) is 21.9. The maximum Gasteiger partial charge on any atom is 0.159 e. The molecule has 4 saturated carbocycles. The third-order valence-electron chi connectivity index (χ3n) is 17.3. The van der Waals surface area contributed by atoms with E-state index in [4.69, 9.17) is 4.74 Å². The molecule has 310 valence electrons. The van der Waals surface area contributed by atoms with E-state index in [9.17, 15) is 30.0 Å². The number of benzene rings is 2. The van der Waals surface area contributed by atoms with Crippen LogP contribution in [0.2, 0.25) is 0 Å². The Morgan fingerprint density at radius 1 is 0.877 bits per heavy atom. The number of phenols is 2. The molecule has 0 spiro atoms. The lowest BCUT2D eigenvalue weighted by atomic mass is 9.34. The Labute approximate surface area is 339 Å². The molecular formula is C49H67NO7. The molecule has 0 bridgehead atoms. The van der Waals surface area contributed by atoms with E-state index in [1.807, 2.05) is 24.3 Å². The standard InChI is InChI=1S/C49H67NO7/c1-27(20-38(54)44-49(8,57-44)35-17-11-16-33(35)29-12-9-14-31(52)21-29)41-36-18-19-40-46(5)23-34(30-13-10-15-32(53)22-30)43(56)45(3,4)42(46)37(50-26-28(2)51)24-48(40,7)47(36,6)25-39(41)55/h9-10,12-15,21-22,27-28,33-35,37-38,40,42,44,50-54H,11,16-20,23-26H2,1-8H3/t27-,28+,33-,34-,35-,37+,38-,40-,42+,44-,46+,47+,48+,49-/m1/s1. The molecule has 0 radical (unpaired) electrons. The third-order valence-corrected chi connectivity index (χ3v) is 17.3. The van der Waals surface area contributed by atoms with Crippen molar-refractivity contribution in [3.63, 3.8) is 0 Å². The topological polar surface area (TPSA) is 140 Å². The summed E-state index contributed by atoms with van der Waals surface area (Å²) in [6.07, 6.45) is 5.72. The van der Waals surface area contributed by atoms with Crippen molar-refractivity contribution in [3.05, 3.63) is 70.8 Å². The Bertz CT molecular complexity index is 1950. The van der Waals surface area contributed by atoms with Gasteiger partial charge in [0.05, 0.1) is 17.8 Å². The van der Waals surface area contributed by atoms with Crippen molar-refractivity contribution < 1.29 is 34.8 Å². The van der Waals surface area contributed by atoms with E-state index in [1.54, 1.807) is 25.1 Å². The second kappa shape index (κ2) is 14.0. The van der Waals surface area contributed by atoms with Gasteiger partial charge in [0.15, 0.2) is 5.78 Å². The van der Waals surface area contributed by atoms with Gasteiger partial charge < -0.3 is 30.5 Å². The SMILES string of the molecule is C[C@H](O)CN[C@H]1C[C@@]2(C)[C@H](CCC3=C([C@H](C)C[C@@H](O)[C@H]4O[C@]4(C)[C@@H]4CCC[C@@H]4c4cccc(O)c4)C(=O)C[C@@]32C)[C@]2(C)C[C@H](c3cccc(O)c3)C(=O)C(C)(C)[C@H]12. The van der Waals surface area contributed by atoms with Gasteiger partial charge in [-0.1, -0.05) is 77.8 Å². The molecular weight excluding hydrogens is 715 g/mol. The van der Waals surface area contributed by atoms with Crippen LogP contribution in [0.1, 0.15) is 136 Å². The zero-order chi connectivity index (χ0) is 41.0. The number of ketones is 2. The van der Waals surface area contributed by atoms with Gasteiger partial charge in [0.2, 0.25) is 0 Å². The molecule has 5 N–H and O–H groups in total. The van der Waals surface area contributed by atoms with Gasteiger partial charge in [0.25, 0.3) is 0 Å². The first-order valence-corrected chi connectivity index (χ1v) is 21.9. The van der Waals surface area contributed by atoms with E-state index in [1.165, 1.54) is 5.57 Å². The minimum atomic E-state index is -0.699. The second-order valence-electron chi connectivity index (χ2n) is 21.0. The zero-order valence-electron chi connectivity index (χ0n) is 35.5. The van der Waals surface area contributed by atoms with Crippen molar-refractivity contribution in [2.45, 2.75) is 155 Å². The molecule has 1 aliphatic heterocycles. The van der Waals surface area contributed by atoms with Gasteiger partial charge in [0.1, 0.15) is 23.4 Å². The number of nitrogens with one attached hydrogen (secondary N) is 1. The summed E-state index contributed by atoms with van der Waals surface area (Å²) in [6.45, 7) is 17.8. The van der Waals surface area contributed by atoms with Crippen molar-refractivity contribution in [1.82, 2.24) is 5.32 Å². The van der Waals surface area contributed by atoms with E-state index >= 15 is 0 Å². The average molecular weight is 782 g/mol. The Kier molecular flexibility index (Phi) is 10.0. The summed E-state index contributed by atoms with van der Waals surface area (Å²) in [7, 11) is 0. The van der Waals surface area contributed by atoms with E-state index < -0.39 is 28.6 Å². The fourth-order valence-corrected chi connectivity index (χ4v) is 14.8. The summed E-state index contributed by atoms with van der Waals surface area (Å²) in [5.41, 5.74) is 2.11. The number of rotatable bonds is 10. The molecule has 5 aliphatic carbocycles. The number of hydrogen-bond acceptors (Lipinski definition) is 8. The van der Waals surface area contributed by atoms with Crippen molar-refractivity contribution >= 4 is 11.6 Å². The van der Waals surface area contributed by atoms with Crippen LogP contribution in [0.4, 0.5) is 0 Å². The highest BCUT2D eigenvalue weighted by Gasteiger charge is 2.71. The lowest BCUT2D eigenvalue weighted by Gasteiger charge is -2.70. The number of carbonyl (C=O) groups excluding carboxylic acids is 2. The number of aromatic hydroxyl groups is 2. The largest absolute Gasteiger partial charge is 0.508 e. The number of aliphatic hydroxyl groups is 2. The van der Waals surface area contributed by atoms with Crippen molar-refractivity contribution in [1.29, 1.82) is 0 Å². The van der Waals surface area contributed by atoms with Crippen LogP contribution in [-0.2, 0) is 14.3 Å².